The molecule has 0 aromatic heterocycles. The SMILES string of the molecule is CCCCCCCCN(C(=O)C(CS)NC(=O)OC(C)(C)C)C(C(=O)NC(C)(C)C)c1ccc(C)cc1. The van der Waals surface area contributed by atoms with Gasteiger partial charge in [-0.2, -0.15) is 12.6 Å². The third-order valence-electron chi connectivity index (χ3n) is 5.66. The van der Waals surface area contributed by atoms with Crippen molar-refractivity contribution in [1.29, 1.82) is 0 Å². The van der Waals surface area contributed by atoms with Crippen molar-refractivity contribution < 1.29 is 19.1 Å². The average molecular weight is 536 g/mol. The van der Waals surface area contributed by atoms with Gasteiger partial charge in [0.15, 0.2) is 0 Å². The first kappa shape index (κ1) is 32.8. The second-order valence-electron chi connectivity index (χ2n) is 11.7. The molecule has 2 N–H and O–H groups in total. The van der Waals surface area contributed by atoms with Gasteiger partial charge in [0.25, 0.3) is 0 Å². The summed E-state index contributed by atoms with van der Waals surface area (Å²) in [4.78, 5) is 41.7. The van der Waals surface area contributed by atoms with Gasteiger partial charge in [-0.3, -0.25) is 9.59 Å². The number of amides is 3. The fourth-order valence-electron chi connectivity index (χ4n) is 3.92. The number of carbonyl (C=O) groups is 3. The first-order valence-corrected chi connectivity index (χ1v) is 14.1. The monoisotopic (exact) mass is 535 g/mol. The van der Waals surface area contributed by atoms with Crippen LogP contribution in [0.2, 0.25) is 0 Å². The van der Waals surface area contributed by atoms with Gasteiger partial charge in [-0.1, -0.05) is 68.9 Å². The number of benzene rings is 1. The van der Waals surface area contributed by atoms with Crippen LogP contribution in [0.3, 0.4) is 0 Å². The molecular weight excluding hydrogens is 486 g/mol. The Morgan fingerprint density at radius 1 is 0.946 bits per heavy atom. The Balaban J connectivity index is 3.34. The van der Waals surface area contributed by atoms with E-state index in [1.807, 2.05) is 52.0 Å². The van der Waals surface area contributed by atoms with Gasteiger partial charge in [-0.05, 0) is 60.5 Å². The lowest BCUT2D eigenvalue weighted by Crippen LogP contribution is -2.55. The number of hydrogen-bond donors (Lipinski definition) is 3. The largest absolute Gasteiger partial charge is 0.444 e. The number of aryl methyl sites for hydroxylation is 1. The van der Waals surface area contributed by atoms with E-state index in [-0.39, 0.29) is 17.6 Å². The number of nitrogens with one attached hydrogen (secondary N) is 2. The second-order valence-corrected chi connectivity index (χ2v) is 12.1. The van der Waals surface area contributed by atoms with Crippen molar-refractivity contribution in [2.75, 3.05) is 12.3 Å². The van der Waals surface area contributed by atoms with Gasteiger partial charge in [0.2, 0.25) is 11.8 Å². The lowest BCUT2D eigenvalue weighted by Gasteiger charge is -2.36. The Hall–Kier alpha value is -2.22. The van der Waals surface area contributed by atoms with Crippen LogP contribution in [-0.4, -0.2) is 52.3 Å². The molecule has 37 heavy (non-hydrogen) atoms. The van der Waals surface area contributed by atoms with Crippen molar-refractivity contribution in [2.45, 2.75) is 117 Å². The molecule has 2 unspecified atom stereocenters. The number of alkyl carbamates (subject to hydrolysis) is 1. The Bertz CT molecular complexity index is 859. The van der Waals surface area contributed by atoms with E-state index in [2.05, 4.69) is 30.2 Å². The molecule has 1 aromatic carbocycles. The van der Waals surface area contributed by atoms with Gasteiger partial charge >= 0.3 is 6.09 Å². The number of thiol groups is 1. The number of unbranched alkanes of at least 4 members (excludes halogenated alkanes) is 5. The number of carbonyl (C=O) groups excluding carboxylic acids is 3. The Morgan fingerprint density at radius 3 is 2.03 bits per heavy atom. The summed E-state index contributed by atoms with van der Waals surface area (Å²) in [7, 11) is 0. The van der Waals surface area contributed by atoms with E-state index in [0.717, 1.165) is 43.2 Å². The molecular formula is C29H49N3O4S. The lowest BCUT2D eigenvalue weighted by atomic mass is 9.99. The molecule has 0 spiro atoms. The average Bonchev–Trinajstić information content (AvgIpc) is 2.77. The first-order chi connectivity index (χ1) is 17.2. The lowest BCUT2D eigenvalue weighted by molar-refractivity contribution is -0.142. The van der Waals surface area contributed by atoms with Crippen LogP contribution >= 0.6 is 12.6 Å². The molecule has 0 aliphatic carbocycles. The van der Waals surface area contributed by atoms with Crippen LogP contribution in [0.15, 0.2) is 24.3 Å². The number of rotatable bonds is 13. The van der Waals surface area contributed by atoms with Crippen LogP contribution in [0.25, 0.3) is 0 Å². The van der Waals surface area contributed by atoms with Crippen molar-refractivity contribution >= 4 is 30.5 Å². The molecule has 0 radical (unpaired) electrons. The minimum atomic E-state index is -0.936. The highest BCUT2D eigenvalue weighted by Gasteiger charge is 2.36. The van der Waals surface area contributed by atoms with Crippen LogP contribution in [0.4, 0.5) is 4.79 Å². The molecule has 0 fully saturated rings. The number of ether oxygens (including phenoxy) is 1. The molecule has 0 bridgehead atoms. The summed E-state index contributed by atoms with van der Waals surface area (Å²) in [6, 6.07) is 5.88. The van der Waals surface area contributed by atoms with Gasteiger partial charge in [0, 0.05) is 17.8 Å². The van der Waals surface area contributed by atoms with E-state index in [0.29, 0.717) is 6.54 Å². The molecule has 1 rings (SSSR count). The Morgan fingerprint density at radius 2 is 1.51 bits per heavy atom. The molecule has 0 aliphatic rings. The van der Waals surface area contributed by atoms with Crippen LogP contribution in [-0.2, 0) is 14.3 Å². The van der Waals surface area contributed by atoms with Gasteiger partial charge in [0.05, 0.1) is 0 Å². The maximum absolute atomic E-state index is 13.9. The van der Waals surface area contributed by atoms with Crippen molar-refractivity contribution in [3.63, 3.8) is 0 Å². The molecule has 3 amide bonds. The van der Waals surface area contributed by atoms with Gasteiger partial charge in [0.1, 0.15) is 17.7 Å². The smallest absolute Gasteiger partial charge is 0.408 e. The zero-order chi connectivity index (χ0) is 28.2. The second kappa shape index (κ2) is 15.3. The molecule has 8 heteroatoms. The normalized spacial score (nSPS) is 13.4. The summed E-state index contributed by atoms with van der Waals surface area (Å²) in [5.74, 6) is -0.540. The Labute approximate surface area is 229 Å². The minimum Gasteiger partial charge on any atom is -0.444 e. The fourth-order valence-corrected chi connectivity index (χ4v) is 4.17. The standard InChI is InChI=1S/C29H49N3O4S/c1-9-10-11-12-13-14-19-32(26(34)23(20-37)30-27(35)36-29(6,7)8)24(25(33)31-28(3,4)5)22-17-15-21(2)16-18-22/h15-18,23-24,37H,9-14,19-20H2,1-8H3,(H,30,35)(H,31,33). The van der Waals surface area contributed by atoms with E-state index in [1.54, 1.807) is 25.7 Å². The summed E-state index contributed by atoms with van der Waals surface area (Å²) in [5.41, 5.74) is 0.602. The molecule has 0 heterocycles. The first-order valence-electron chi connectivity index (χ1n) is 13.5. The van der Waals surface area contributed by atoms with Crippen LogP contribution in [0, 0.1) is 6.92 Å². The number of nitrogens with zero attached hydrogens (tertiary/aromatic N) is 1. The van der Waals surface area contributed by atoms with E-state index in [9.17, 15) is 14.4 Å². The third kappa shape index (κ3) is 12.7. The summed E-state index contributed by atoms with van der Waals surface area (Å²) < 4.78 is 5.37. The van der Waals surface area contributed by atoms with E-state index >= 15 is 0 Å². The van der Waals surface area contributed by atoms with Crippen molar-refractivity contribution in [3.8, 4) is 0 Å². The zero-order valence-electron chi connectivity index (χ0n) is 24.1. The Kier molecular flexibility index (Phi) is 13.5. The third-order valence-corrected chi connectivity index (χ3v) is 6.02. The van der Waals surface area contributed by atoms with Crippen molar-refractivity contribution in [3.05, 3.63) is 35.4 Å². The van der Waals surface area contributed by atoms with Gasteiger partial charge < -0.3 is 20.3 Å². The van der Waals surface area contributed by atoms with Crippen LogP contribution in [0.1, 0.15) is 104 Å². The topological polar surface area (TPSA) is 87.7 Å². The van der Waals surface area contributed by atoms with Crippen molar-refractivity contribution in [1.82, 2.24) is 15.5 Å². The molecule has 0 aliphatic heterocycles. The van der Waals surface area contributed by atoms with E-state index in [4.69, 9.17) is 4.74 Å². The minimum absolute atomic E-state index is 0.0760. The molecule has 7 nitrogen and oxygen atoms in total. The van der Waals surface area contributed by atoms with E-state index in [1.165, 1.54) is 6.42 Å². The maximum atomic E-state index is 13.9. The zero-order valence-corrected chi connectivity index (χ0v) is 25.0. The van der Waals surface area contributed by atoms with Crippen LogP contribution < -0.4 is 10.6 Å². The molecule has 2 atom stereocenters. The highest BCUT2D eigenvalue weighted by Crippen LogP contribution is 2.25. The fraction of sp³-hybridized carbons (Fsp3) is 0.690. The van der Waals surface area contributed by atoms with Crippen molar-refractivity contribution in [2.24, 2.45) is 0 Å². The highest BCUT2D eigenvalue weighted by atomic mass is 32.1. The number of hydrogen-bond acceptors (Lipinski definition) is 5. The van der Waals surface area contributed by atoms with E-state index < -0.39 is 29.3 Å². The molecule has 210 valence electrons. The van der Waals surface area contributed by atoms with Crippen LogP contribution in [0.5, 0.6) is 0 Å². The summed E-state index contributed by atoms with van der Waals surface area (Å²) in [6.45, 7) is 15.6. The maximum Gasteiger partial charge on any atom is 0.408 e. The molecule has 0 saturated carbocycles. The predicted molar refractivity (Wildman–Crippen MR) is 154 cm³/mol. The van der Waals surface area contributed by atoms with Gasteiger partial charge in [-0.15, -0.1) is 0 Å². The quantitative estimate of drug-likeness (QED) is 0.215. The highest BCUT2D eigenvalue weighted by molar-refractivity contribution is 7.80. The molecule has 0 saturated heterocycles. The predicted octanol–water partition coefficient (Wildman–Crippen LogP) is 5.96. The molecule has 1 aromatic rings. The summed E-state index contributed by atoms with van der Waals surface area (Å²) in [5, 5.41) is 5.71. The summed E-state index contributed by atoms with van der Waals surface area (Å²) >= 11 is 4.35. The van der Waals surface area contributed by atoms with Gasteiger partial charge in [-0.25, -0.2) is 4.79 Å². The summed E-state index contributed by atoms with van der Waals surface area (Å²) in [6.07, 6.45) is 5.59.